The molecule has 1 aromatic heterocycles. The van der Waals surface area contributed by atoms with Crippen LogP contribution in [0.15, 0.2) is 6.07 Å². The van der Waals surface area contributed by atoms with Gasteiger partial charge in [-0.25, -0.2) is 0 Å². The zero-order valence-electron chi connectivity index (χ0n) is 12.1. The van der Waals surface area contributed by atoms with E-state index in [0.717, 1.165) is 11.4 Å². The fraction of sp³-hybridized carbons (Fsp3) is 0.500. The third-order valence-electron chi connectivity index (χ3n) is 2.66. The Labute approximate surface area is 114 Å². The Hall–Kier alpha value is -2.09. The minimum Gasteiger partial charge on any atom is -0.364 e. The lowest BCUT2D eigenvalue weighted by atomic mass is 10.1. The summed E-state index contributed by atoms with van der Waals surface area (Å²) in [5.41, 5.74) is 2.79. The molecule has 1 aromatic rings. The van der Waals surface area contributed by atoms with E-state index in [4.69, 9.17) is 0 Å². The van der Waals surface area contributed by atoms with Crippen molar-refractivity contribution < 1.29 is 4.79 Å². The first kappa shape index (κ1) is 15.0. The van der Waals surface area contributed by atoms with Crippen LogP contribution < -0.4 is 10.2 Å². The SMILES string of the molecule is Cc1cc(N(C)CC(=O)NC(C)C)c(C#N)c(C)n1. The third kappa shape index (κ3) is 3.95. The van der Waals surface area contributed by atoms with Crippen LogP contribution in [-0.4, -0.2) is 30.5 Å². The van der Waals surface area contributed by atoms with Gasteiger partial charge >= 0.3 is 0 Å². The van der Waals surface area contributed by atoms with E-state index in [1.54, 1.807) is 18.9 Å². The van der Waals surface area contributed by atoms with Crippen molar-refractivity contribution in [3.8, 4) is 6.07 Å². The molecule has 0 aromatic carbocycles. The predicted molar refractivity (Wildman–Crippen MR) is 75.0 cm³/mol. The second kappa shape index (κ2) is 6.19. The first-order valence-electron chi connectivity index (χ1n) is 6.24. The van der Waals surface area contributed by atoms with Crippen molar-refractivity contribution in [3.63, 3.8) is 0 Å². The van der Waals surface area contributed by atoms with E-state index in [0.29, 0.717) is 11.3 Å². The highest BCUT2D eigenvalue weighted by Gasteiger charge is 2.14. The average Bonchev–Trinajstić information content (AvgIpc) is 2.26. The maximum atomic E-state index is 11.8. The molecular weight excluding hydrogens is 240 g/mol. The lowest BCUT2D eigenvalue weighted by molar-refractivity contribution is -0.120. The van der Waals surface area contributed by atoms with Gasteiger partial charge in [0.2, 0.25) is 5.91 Å². The summed E-state index contributed by atoms with van der Waals surface area (Å²) in [6, 6.07) is 4.09. The molecule has 0 fully saturated rings. The van der Waals surface area contributed by atoms with E-state index in [-0.39, 0.29) is 18.5 Å². The minimum atomic E-state index is -0.0616. The smallest absolute Gasteiger partial charge is 0.239 e. The van der Waals surface area contributed by atoms with Gasteiger partial charge in [-0.2, -0.15) is 5.26 Å². The zero-order chi connectivity index (χ0) is 14.6. The number of pyridine rings is 1. The topological polar surface area (TPSA) is 69.0 Å². The summed E-state index contributed by atoms with van der Waals surface area (Å²) in [5, 5.41) is 12.0. The normalized spacial score (nSPS) is 10.2. The molecule has 0 unspecified atom stereocenters. The first-order chi connectivity index (χ1) is 8.85. The summed E-state index contributed by atoms with van der Waals surface area (Å²) in [5.74, 6) is -0.0616. The largest absolute Gasteiger partial charge is 0.364 e. The number of aromatic nitrogens is 1. The number of likely N-dealkylation sites (N-methyl/N-ethyl adjacent to an activating group) is 1. The number of nitrogens with one attached hydrogen (secondary N) is 1. The number of aryl methyl sites for hydroxylation is 2. The van der Waals surface area contributed by atoms with Gasteiger partial charge in [0.05, 0.1) is 23.5 Å². The maximum Gasteiger partial charge on any atom is 0.239 e. The molecule has 102 valence electrons. The Balaban J connectivity index is 2.97. The van der Waals surface area contributed by atoms with E-state index >= 15 is 0 Å². The molecule has 5 heteroatoms. The van der Waals surface area contributed by atoms with Crippen molar-refractivity contribution in [1.29, 1.82) is 5.26 Å². The lowest BCUT2D eigenvalue weighted by Gasteiger charge is -2.21. The number of carbonyl (C=O) groups is 1. The number of hydrogen-bond donors (Lipinski definition) is 1. The molecule has 0 aliphatic carbocycles. The Morgan fingerprint density at radius 1 is 1.53 bits per heavy atom. The standard InChI is InChI=1S/C14H20N4O/c1-9(2)16-14(19)8-18(5)13-6-10(3)17-11(4)12(13)7-15/h6,9H,8H2,1-5H3,(H,16,19). The average molecular weight is 260 g/mol. The molecule has 0 spiro atoms. The molecule has 1 N–H and O–H groups in total. The van der Waals surface area contributed by atoms with E-state index in [1.165, 1.54) is 0 Å². The van der Waals surface area contributed by atoms with Crippen LogP contribution in [-0.2, 0) is 4.79 Å². The van der Waals surface area contributed by atoms with Gasteiger partial charge in [-0.3, -0.25) is 9.78 Å². The quantitative estimate of drug-likeness (QED) is 0.891. The zero-order valence-corrected chi connectivity index (χ0v) is 12.1. The Morgan fingerprint density at radius 2 is 2.16 bits per heavy atom. The van der Waals surface area contributed by atoms with Crippen molar-refractivity contribution in [1.82, 2.24) is 10.3 Å². The molecule has 0 bridgehead atoms. The van der Waals surface area contributed by atoms with Gasteiger partial charge in [0.25, 0.3) is 0 Å². The number of rotatable bonds is 4. The van der Waals surface area contributed by atoms with Gasteiger partial charge < -0.3 is 10.2 Å². The van der Waals surface area contributed by atoms with Gasteiger partial charge in [-0.1, -0.05) is 0 Å². The van der Waals surface area contributed by atoms with Crippen LogP contribution >= 0.6 is 0 Å². The summed E-state index contributed by atoms with van der Waals surface area (Å²) < 4.78 is 0. The number of nitrogens with zero attached hydrogens (tertiary/aromatic N) is 3. The monoisotopic (exact) mass is 260 g/mol. The summed E-state index contributed by atoms with van der Waals surface area (Å²) >= 11 is 0. The summed E-state index contributed by atoms with van der Waals surface area (Å²) in [6.07, 6.45) is 0. The Morgan fingerprint density at radius 3 is 2.68 bits per heavy atom. The van der Waals surface area contributed by atoms with E-state index in [2.05, 4.69) is 16.4 Å². The molecule has 0 aliphatic rings. The minimum absolute atomic E-state index is 0.0616. The molecular formula is C14H20N4O. The van der Waals surface area contributed by atoms with Crippen LogP contribution in [0.2, 0.25) is 0 Å². The summed E-state index contributed by atoms with van der Waals surface area (Å²) in [6.45, 7) is 7.73. The number of nitriles is 1. The molecule has 0 radical (unpaired) electrons. The van der Waals surface area contributed by atoms with Gasteiger partial charge in [0, 0.05) is 18.8 Å². The maximum absolute atomic E-state index is 11.8. The number of carbonyl (C=O) groups excluding carboxylic acids is 1. The lowest BCUT2D eigenvalue weighted by Crippen LogP contribution is -2.38. The third-order valence-corrected chi connectivity index (χ3v) is 2.66. The summed E-state index contributed by atoms with van der Waals surface area (Å²) in [4.78, 5) is 17.8. The first-order valence-corrected chi connectivity index (χ1v) is 6.24. The van der Waals surface area contributed by atoms with Gasteiger partial charge in [0.1, 0.15) is 6.07 Å². The van der Waals surface area contributed by atoms with Crippen molar-refractivity contribution in [2.75, 3.05) is 18.5 Å². The van der Waals surface area contributed by atoms with Crippen molar-refractivity contribution in [2.45, 2.75) is 33.7 Å². The predicted octanol–water partition coefficient (Wildman–Crippen LogP) is 1.53. The molecule has 0 aliphatic heterocycles. The van der Waals surface area contributed by atoms with E-state index in [9.17, 15) is 10.1 Å². The highest BCUT2D eigenvalue weighted by atomic mass is 16.2. The number of anilines is 1. The van der Waals surface area contributed by atoms with Crippen LogP contribution in [0.3, 0.4) is 0 Å². The highest BCUT2D eigenvalue weighted by molar-refractivity contribution is 5.82. The molecule has 5 nitrogen and oxygen atoms in total. The second-order valence-corrected chi connectivity index (χ2v) is 4.93. The fourth-order valence-electron chi connectivity index (χ4n) is 1.92. The molecule has 19 heavy (non-hydrogen) atoms. The second-order valence-electron chi connectivity index (χ2n) is 4.93. The van der Waals surface area contributed by atoms with Gasteiger partial charge in [-0.05, 0) is 33.8 Å². The fourth-order valence-corrected chi connectivity index (χ4v) is 1.92. The Bertz CT molecular complexity index is 517. The van der Waals surface area contributed by atoms with Crippen LogP contribution in [0.5, 0.6) is 0 Å². The molecule has 0 saturated carbocycles. The number of amides is 1. The van der Waals surface area contributed by atoms with Crippen LogP contribution in [0, 0.1) is 25.2 Å². The molecule has 1 heterocycles. The van der Waals surface area contributed by atoms with Crippen LogP contribution in [0.25, 0.3) is 0 Å². The van der Waals surface area contributed by atoms with E-state index in [1.807, 2.05) is 26.8 Å². The van der Waals surface area contributed by atoms with Crippen molar-refractivity contribution in [2.24, 2.45) is 0 Å². The van der Waals surface area contributed by atoms with Gasteiger partial charge in [0.15, 0.2) is 0 Å². The van der Waals surface area contributed by atoms with Crippen molar-refractivity contribution in [3.05, 3.63) is 23.0 Å². The molecule has 1 amide bonds. The van der Waals surface area contributed by atoms with Gasteiger partial charge in [-0.15, -0.1) is 0 Å². The van der Waals surface area contributed by atoms with Crippen LogP contribution in [0.1, 0.15) is 30.8 Å². The Kier molecular flexibility index (Phi) is 4.87. The molecule has 1 rings (SSSR count). The molecule has 0 saturated heterocycles. The number of hydrogen-bond acceptors (Lipinski definition) is 4. The highest BCUT2D eigenvalue weighted by Crippen LogP contribution is 2.21. The molecule has 0 atom stereocenters. The van der Waals surface area contributed by atoms with E-state index < -0.39 is 0 Å². The van der Waals surface area contributed by atoms with Crippen molar-refractivity contribution >= 4 is 11.6 Å². The summed E-state index contributed by atoms with van der Waals surface area (Å²) in [7, 11) is 1.80. The van der Waals surface area contributed by atoms with Crippen LogP contribution in [0.4, 0.5) is 5.69 Å².